The van der Waals surface area contributed by atoms with Crippen LogP contribution in [0, 0.1) is 5.92 Å². The van der Waals surface area contributed by atoms with Crippen molar-refractivity contribution >= 4 is 5.97 Å². The van der Waals surface area contributed by atoms with Gasteiger partial charge in [0.1, 0.15) is 0 Å². The molecule has 1 unspecified atom stereocenters. The molecular weight excluding hydrogens is 188 g/mol. The zero-order valence-corrected chi connectivity index (χ0v) is 9.66. The SMILES string of the molecule is C=CCC(C/C=C(\C)C=C)C(=O)OCC. The van der Waals surface area contributed by atoms with Crippen LogP contribution in [0.25, 0.3) is 0 Å². The van der Waals surface area contributed by atoms with E-state index in [-0.39, 0.29) is 11.9 Å². The van der Waals surface area contributed by atoms with Crippen molar-refractivity contribution < 1.29 is 9.53 Å². The molecule has 0 aromatic carbocycles. The Bertz CT molecular complexity index is 251. The molecule has 1 atom stereocenters. The van der Waals surface area contributed by atoms with Crippen molar-refractivity contribution in [2.24, 2.45) is 5.92 Å². The minimum atomic E-state index is -0.148. The smallest absolute Gasteiger partial charge is 0.309 e. The van der Waals surface area contributed by atoms with Gasteiger partial charge in [0.2, 0.25) is 0 Å². The summed E-state index contributed by atoms with van der Waals surface area (Å²) >= 11 is 0. The molecule has 0 aliphatic rings. The molecule has 0 N–H and O–H groups in total. The Morgan fingerprint density at radius 3 is 2.53 bits per heavy atom. The fourth-order valence-corrected chi connectivity index (χ4v) is 1.16. The van der Waals surface area contributed by atoms with Gasteiger partial charge in [0, 0.05) is 0 Å². The topological polar surface area (TPSA) is 26.3 Å². The lowest BCUT2D eigenvalue weighted by atomic mass is 10.00. The fraction of sp³-hybridized carbons (Fsp3) is 0.462. The van der Waals surface area contributed by atoms with Gasteiger partial charge in [0.05, 0.1) is 12.5 Å². The van der Waals surface area contributed by atoms with E-state index in [1.165, 1.54) is 0 Å². The summed E-state index contributed by atoms with van der Waals surface area (Å²) < 4.78 is 4.98. The van der Waals surface area contributed by atoms with Gasteiger partial charge in [-0.3, -0.25) is 4.79 Å². The van der Waals surface area contributed by atoms with Gasteiger partial charge in [-0.1, -0.05) is 30.4 Å². The van der Waals surface area contributed by atoms with E-state index in [2.05, 4.69) is 13.2 Å². The first-order valence-electron chi connectivity index (χ1n) is 5.22. The number of allylic oxidation sites excluding steroid dienone is 4. The van der Waals surface area contributed by atoms with Crippen LogP contribution in [0.15, 0.2) is 37.0 Å². The van der Waals surface area contributed by atoms with Crippen molar-refractivity contribution in [3.63, 3.8) is 0 Å². The third-order valence-electron chi connectivity index (χ3n) is 2.12. The van der Waals surface area contributed by atoms with Crippen LogP contribution in [-0.4, -0.2) is 12.6 Å². The highest BCUT2D eigenvalue weighted by atomic mass is 16.5. The molecule has 0 aromatic rings. The first-order chi connectivity index (χ1) is 7.15. The summed E-state index contributed by atoms with van der Waals surface area (Å²) in [7, 11) is 0. The summed E-state index contributed by atoms with van der Waals surface area (Å²) in [4.78, 5) is 11.5. The molecule has 2 nitrogen and oxygen atoms in total. The number of esters is 1. The first kappa shape index (κ1) is 13.7. The lowest BCUT2D eigenvalue weighted by molar-refractivity contribution is -0.147. The van der Waals surface area contributed by atoms with Gasteiger partial charge in [-0.15, -0.1) is 6.58 Å². The van der Waals surface area contributed by atoms with Crippen LogP contribution in [0.5, 0.6) is 0 Å². The maximum atomic E-state index is 11.5. The van der Waals surface area contributed by atoms with Crippen molar-refractivity contribution in [2.75, 3.05) is 6.61 Å². The second-order valence-electron chi connectivity index (χ2n) is 3.36. The number of hydrogen-bond donors (Lipinski definition) is 0. The van der Waals surface area contributed by atoms with Crippen molar-refractivity contribution in [2.45, 2.75) is 26.7 Å². The van der Waals surface area contributed by atoms with Gasteiger partial charge < -0.3 is 4.74 Å². The predicted octanol–water partition coefficient (Wildman–Crippen LogP) is 3.26. The average Bonchev–Trinajstić information content (AvgIpc) is 2.23. The maximum Gasteiger partial charge on any atom is 0.309 e. The number of rotatable bonds is 7. The molecule has 0 heterocycles. The van der Waals surface area contributed by atoms with Crippen LogP contribution in [0.1, 0.15) is 26.7 Å². The second kappa shape index (κ2) is 8.04. The molecule has 0 bridgehead atoms. The molecule has 0 aliphatic heterocycles. The highest BCUT2D eigenvalue weighted by Crippen LogP contribution is 2.14. The van der Waals surface area contributed by atoms with Gasteiger partial charge in [0.15, 0.2) is 0 Å². The Labute approximate surface area is 92.3 Å². The summed E-state index contributed by atoms with van der Waals surface area (Å²) in [6.07, 6.45) is 6.86. The highest BCUT2D eigenvalue weighted by Gasteiger charge is 2.16. The fourth-order valence-electron chi connectivity index (χ4n) is 1.16. The standard InChI is InChI=1S/C13H20O2/c1-5-8-12(13(14)15-7-3)10-9-11(4)6-2/h5-6,9,12H,1-2,7-8,10H2,3-4H3/b11-9+. The molecule has 2 heteroatoms. The Hall–Kier alpha value is -1.31. The van der Waals surface area contributed by atoms with E-state index in [1.54, 1.807) is 12.2 Å². The molecule has 15 heavy (non-hydrogen) atoms. The summed E-state index contributed by atoms with van der Waals surface area (Å²) in [6, 6.07) is 0. The molecular formula is C13H20O2. The van der Waals surface area contributed by atoms with Crippen molar-refractivity contribution in [1.29, 1.82) is 0 Å². The number of carbonyl (C=O) groups is 1. The molecule has 0 rings (SSSR count). The summed E-state index contributed by atoms with van der Waals surface area (Å²) in [5.74, 6) is -0.261. The van der Waals surface area contributed by atoms with Gasteiger partial charge >= 0.3 is 5.97 Å². The van der Waals surface area contributed by atoms with E-state index in [0.717, 1.165) is 5.57 Å². The van der Waals surface area contributed by atoms with Gasteiger partial charge in [-0.05, 0) is 26.7 Å². The first-order valence-corrected chi connectivity index (χ1v) is 5.22. The minimum absolute atomic E-state index is 0.114. The van der Waals surface area contributed by atoms with Crippen molar-refractivity contribution in [3.8, 4) is 0 Å². The zero-order valence-electron chi connectivity index (χ0n) is 9.66. The van der Waals surface area contributed by atoms with E-state index in [1.807, 2.05) is 19.9 Å². The summed E-state index contributed by atoms with van der Waals surface area (Å²) in [6.45, 7) is 11.5. The Balaban J connectivity index is 4.32. The largest absolute Gasteiger partial charge is 0.466 e. The Kier molecular flexibility index (Phi) is 7.33. The van der Waals surface area contributed by atoms with Crippen LogP contribution in [0.2, 0.25) is 0 Å². The predicted molar refractivity (Wildman–Crippen MR) is 63.5 cm³/mol. The molecule has 84 valence electrons. The lowest BCUT2D eigenvalue weighted by Crippen LogP contribution is -2.16. The van der Waals surface area contributed by atoms with Crippen LogP contribution in [0.4, 0.5) is 0 Å². The summed E-state index contributed by atoms with van der Waals surface area (Å²) in [5.41, 5.74) is 1.08. The minimum Gasteiger partial charge on any atom is -0.466 e. The van der Waals surface area contributed by atoms with E-state index >= 15 is 0 Å². The molecule has 0 aromatic heterocycles. The quantitative estimate of drug-likeness (QED) is 0.364. The average molecular weight is 208 g/mol. The van der Waals surface area contributed by atoms with Crippen LogP contribution in [-0.2, 0) is 9.53 Å². The van der Waals surface area contributed by atoms with Gasteiger partial charge in [0.25, 0.3) is 0 Å². The number of carbonyl (C=O) groups excluding carboxylic acids is 1. The number of hydrogen-bond acceptors (Lipinski definition) is 2. The molecule has 0 spiro atoms. The highest BCUT2D eigenvalue weighted by molar-refractivity contribution is 5.72. The third-order valence-corrected chi connectivity index (χ3v) is 2.12. The Morgan fingerprint density at radius 1 is 1.40 bits per heavy atom. The summed E-state index contributed by atoms with van der Waals surface area (Å²) in [5, 5.41) is 0. The maximum absolute atomic E-state index is 11.5. The monoisotopic (exact) mass is 208 g/mol. The lowest BCUT2D eigenvalue weighted by Gasteiger charge is -2.11. The van der Waals surface area contributed by atoms with Crippen molar-refractivity contribution in [3.05, 3.63) is 37.0 Å². The normalized spacial score (nSPS) is 13.1. The van der Waals surface area contributed by atoms with Crippen LogP contribution < -0.4 is 0 Å². The third kappa shape index (κ3) is 5.89. The zero-order chi connectivity index (χ0) is 11.7. The van der Waals surface area contributed by atoms with E-state index in [4.69, 9.17) is 4.74 Å². The van der Waals surface area contributed by atoms with Crippen LogP contribution in [0.3, 0.4) is 0 Å². The van der Waals surface area contributed by atoms with Gasteiger partial charge in [-0.25, -0.2) is 0 Å². The van der Waals surface area contributed by atoms with E-state index < -0.39 is 0 Å². The number of ether oxygens (including phenoxy) is 1. The second-order valence-corrected chi connectivity index (χ2v) is 3.36. The van der Waals surface area contributed by atoms with E-state index in [0.29, 0.717) is 19.4 Å². The molecule has 0 fully saturated rings. The molecule has 0 amide bonds. The molecule has 0 radical (unpaired) electrons. The van der Waals surface area contributed by atoms with E-state index in [9.17, 15) is 4.79 Å². The van der Waals surface area contributed by atoms with Crippen molar-refractivity contribution in [1.82, 2.24) is 0 Å². The van der Waals surface area contributed by atoms with Crippen LogP contribution >= 0.6 is 0 Å². The molecule has 0 aliphatic carbocycles. The molecule has 0 saturated carbocycles. The van der Waals surface area contributed by atoms with Gasteiger partial charge in [-0.2, -0.15) is 0 Å². The Morgan fingerprint density at radius 2 is 2.07 bits per heavy atom. The molecule has 0 saturated heterocycles.